The highest BCUT2D eigenvalue weighted by atomic mass is 32.1. The van der Waals surface area contributed by atoms with Crippen LogP contribution in [0.5, 0.6) is 5.75 Å². The zero-order valence-corrected chi connectivity index (χ0v) is 17.8. The number of hydrogen-bond donors (Lipinski definition) is 1. The van der Waals surface area contributed by atoms with E-state index >= 15 is 4.39 Å². The van der Waals surface area contributed by atoms with Crippen LogP contribution in [0.2, 0.25) is 0 Å². The first-order chi connectivity index (χ1) is 15.1. The van der Waals surface area contributed by atoms with Gasteiger partial charge >= 0.3 is 6.36 Å². The molecule has 8 heteroatoms. The minimum absolute atomic E-state index is 0.188. The fraction of sp³-hybridized carbons (Fsp3) is 0.250. The van der Waals surface area contributed by atoms with E-state index in [1.165, 1.54) is 12.1 Å². The number of aryl methyl sites for hydroxylation is 2. The van der Waals surface area contributed by atoms with Crippen LogP contribution in [-0.4, -0.2) is 12.4 Å². The van der Waals surface area contributed by atoms with Gasteiger partial charge < -0.3 is 10.5 Å². The summed E-state index contributed by atoms with van der Waals surface area (Å²) in [6.07, 6.45) is -3.44. The van der Waals surface area contributed by atoms with Gasteiger partial charge in [0.05, 0.1) is 9.40 Å². The van der Waals surface area contributed by atoms with Crippen LogP contribution in [-0.2, 0) is 12.8 Å². The van der Waals surface area contributed by atoms with Gasteiger partial charge in [0, 0.05) is 27.9 Å². The van der Waals surface area contributed by atoms with Crippen LogP contribution in [0.25, 0.3) is 31.3 Å². The number of ether oxygens (including phenoxy) is 1. The lowest BCUT2D eigenvalue weighted by molar-refractivity contribution is -0.274. The predicted molar refractivity (Wildman–Crippen MR) is 116 cm³/mol. The van der Waals surface area contributed by atoms with E-state index in [-0.39, 0.29) is 33.2 Å². The Morgan fingerprint density at radius 2 is 1.81 bits per heavy atom. The molecule has 0 bridgehead atoms. The summed E-state index contributed by atoms with van der Waals surface area (Å²) in [4.78, 5) is 0. The standard InChI is InChI=1S/C24H18F5NOS/c1-11-2-3-13(9-19(11)25)15-6-7-16-18-8-12-4-5-14(30)10-17(12)21(31-24(27,28)29)23(18)32-22(16)20(15)26/h2-3,6-9,14H,4-5,10,30H2,1H3. The maximum Gasteiger partial charge on any atom is 0.573 e. The number of hydrogen-bond acceptors (Lipinski definition) is 3. The summed E-state index contributed by atoms with van der Waals surface area (Å²) in [5, 5.41) is 1.02. The molecule has 0 aliphatic heterocycles. The molecular weight excluding hydrogens is 445 g/mol. The van der Waals surface area contributed by atoms with Crippen molar-refractivity contribution < 1.29 is 26.7 Å². The zero-order valence-electron chi connectivity index (χ0n) is 16.9. The van der Waals surface area contributed by atoms with Gasteiger partial charge in [-0.3, -0.25) is 0 Å². The number of benzene rings is 3. The molecule has 0 saturated carbocycles. The van der Waals surface area contributed by atoms with E-state index < -0.39 is 18.0 Å². The molecule has 1 atom stereocenters. The van der Waals surface area contributed by atoms with Crippen LogP contribution in [0, 0.1) is 18.6 Å². The fourth-order valence-electron chi connectivity index (χ4n) is 4.36. The minimum Gasteiger partial charge on any atom is -0.404 e. The van der Waals surface area contributed by atoms with Crippen molar-refractivity contribution in [3.05, 3.63) is 64.7 Å². The molecule has 2 nitrogen and oxygen atoms in total. The third kappa shape index (κ3) is 3.51. The number of thiophene rings is 1. The number of halogens is 5. The zero-order chi connectivity index (χ0) is 22.8. The monoisotopic (exact) mass is 463 g/mol. The molecule has 166 valence electrons. The Morgan fingerprint density at radius 1 is 1.03 bits per heavy atom. The van der Waals surface area contributed by atoms with Gasteiger partial charge in [0.1, 0.15) is 11.6 Å². The first-order valence-corrected chi connectivity index (χ1v) is 10.9. The summed E-state index contributed by atoms with van der Waals surface area (Å²) in [6.45, 7) is 1.61. The van der Waals surface area contributed by atoms with Crippen LogP contribution in [0.15, 0.2) is 36.4 Å². The number of fused-ring (bicyclic) bond motifs is 4. The Labute approximate surface area is 184 Å². The average Bonchev–Trinajstić information content (AvgIpc) is 3.09. The third-order valence-electron chi connectivity index (χ3n) is 5.97. The van der Waals surface area contributed by atoms with Crippen molar-refractivity contribution in [2.75, 3.05) is 0 Å². The van der Waals surface area contributed by atoms with E-state index in [4.69, 9.17) is 5.73 Å². The Balaban J connectivity index is 1.78. The molecule has 0 amide bonds. The molecule has 3 aromatic carbocycles. The molecule has 5 rings (SSSR count). The summed E-state index contributed by atoms with van der Waals surface area (Å²) in [5.74, 6) is -1.34. The van der Waals surface area contributed by atoms with Crippen LogP contribution >= 0.6 is 11.3 Å². The second kappa shape index (κ2) is 7.42. The van der Waals surface area contributed by atoms with Crippen LogP contribution in [0.4, 0.5) is 22.0 Å². The SMILES string of the molecule is Cc1ccc(-c2ccc3c(sc4c(OC(F)(F)F)c5c(cc43)CCC(N)C5)c2F)cc1F. The van der Waals surface area contributed by atoms with Crippen LogP contribution in [0.1, 0.15) is 23.1 Å². The first-order valence-electron chi connectivity index (χ1n) is 10.1. The Bertz CT molecular complexity index is 1380. The molecule has 1 aliphatic rings. The molecule has 0 saturated heterocycles. The highest BCUT2D eigenvalue weighted by molar-refractivity contribution is 7.26. The second-order valence-corrected chi connectivity index (χ2v) is 9.16. The largest absolute Gasteiger partial charge is 0.573 e. The topological polar surface area (TPSA) is 35.2 Å². The summed E-state index contributed by atoms with van der Waals surface area (Å²) >= 11 is 0.911. The van der Waals surface area contributed by atoms with Crippen molar-refractivity contribution in [1.29, 1.82) is 0 Å². The third-order valence-corrected chi connectivity index (χ3v) is 7.19. The van der Waals surface area contributed by atoms with Crippen LogP contribution < -0.4 is 10.5 Å². The van der Waals surface area contributed by atoms with Gasteiger partial charge in [-0.15, -0.1) is 24.5 Å². The van der Waals surface area contributed by atoms with Gasteiger partial charge in [-0.25, -0.2) is 8.78 Å². The molecule has 0 fully saturated rings. The van der Waals surface area contributed by atoms with E-state index in [0.29, 0.717) is 40.3 Å². The van der Waals surface area contributed by atoms with Crippen molar-refractivity contribution >= 4 is 31.5 Å². The Morgan fingerprint density at radius 3 is 2.53 bits per heavy atom. The number of alkyl halides is 3. The summed E-state index contributed by atoms with van der Waals surface area (Å²) in [6, 6.07) is 9.20. The molecule has 0 spiro atoms. The smallest absolute Gasteiger partial charge is 0.404 e. The van der Waals surface area contributed by atoms with Crippen molar-refractivity contribution in [1.82, 2.24) is 0 Å². The summed E-state index contributed by atoms with van der Waals surface area (Å²) in [5.41, 5.74) is 8.17. The highest BCUT2D eigenvalue weighted by Crippen LogP contribution is 2.47. The molecule has 1 aromatic heterocycles. The van der Waals surface area contributed by atoms with Gasteiger partial charge in [0.25, 0.3) is 0 Å². The molecule has 4 aromatic rings. The maximum atomic E-state index is 15.5. The van der Waals surface area contributed by atoms with E-state index in [2.05, 4.69) is 4.74 Å². The maximum absolute atomic E-state index is 15.5. The number of nitrogens with two attached hydrogens (primary N) is 1. The van der Waals surface area contributed by atoms with Gasteiger partial charge in [-0.05, 0) is 55.0 Å². The van der Waals surface area contributed by atoms with Crippen molar-refractivity contribution in [2.45, 2.75) is 38.6 Å². The molecule has 1 heterocycles. The van der Waals surface area contributed by atoms with Gasteiger partial charge in [0.15, 0.2) is 5.75 Å². The quantitative estimate of drug-likeness (QED) is 0.324. The molecule has 32 heavy (non-hydrogen) atoms. The lowest BCUT2D eigenvalue weighted by Gasteiger charge is -2.25. The lowest BCUT2D eigenvalue weighted by Crippen LogP contribution is -2.29. The van der Waals surface area contributed by atoms with Gasteiger partial charge in [-0.1, -0.05) is 24.3 Å². The van der Waals surface area contributed by atoms with E-state index in [1.807, 2.05) is 6.07 Å². The lowest BCUT2D eigenvalue weighted by atomic mass is 9.87. The van der Waals surface area contributed by atoms with Gasteiger partial charge in [-0.2, -0.15) is 0 Å². The summed E-state index contributed by atoms with van der Waals surface area (Å²) < 4.78 is 74.3. The average molecular weight is 463 g/mol. The molecular formula is C24H18F5NOS. The fourth-order valence-corrected chi connectivity index (χ4v) is 5.59. The van der Waals surface area contributed by atoms with Gasteiger partial charge in [0.2, 0.25) is 0 Å². The Hall–Kier alpha value is -2.71. The summed E-state index contributed by atoms with van der Waals surface area (Å²) in [7, 11) is 0. The van der Waals surface area contributed by atoms with Crippen molar-refractivity contribution in [3.63, 3.8) is 0 Å². The molecule has 2 N–H and O–H groups in total. The Kier molecular flexibility index (Phi) is 4.90. The molecule has 0 radical (unpaired) electrons. The number of rotatable bonds is 2. The highest BCUT2D eigenvalue weighted by Gasteiger charge is 2.35. The van der Waals surface area contributed by atoms with E-state index in [0.717, 1.165) is 16.9 Å². The normalized spacial score (nSPS) is 16.5. The first kappa shape index (κ1) is 21.2. The van der Waals surface area contributed by atoms with E-state index in [9.17, 15) is 17.6 Å². The predicted octanol–water partition coefficient (Wildman–Crippen LogP) is 7.02. The van der Waals surface area contributed by atoms with Crippen molar-refractivity contribution in [2.24, 2.45) is 5.73 Å². The molecule has 1 unspecified atom stereocenters. The second-order valence-electron chi connectivity index (χ2n) is 8.14. The van der Waals surface area contributed by atoms with Crippen molar-refractivity contribution in [3.8, 4) is 16.9 Å². The van der Waals surface area contributed by atoms with Crippen LogP contribution in [0.3, 0.4) is 0 Å². The van der Waals surface area contributed by atoms with E-state index in [1.54, 1.807) is 25.1 Å². The molecule has 1 aliphatic carbocycles. The minimum atomic E-state index is -4.89.